The molecule has 2 aromatic heterocycles. The minimum Gasteiger partial charge on any atom is -0.431 e. The Morgan fingerprint density at radius 2 is 2.30 bits per heavy atom. The van der Waals surface area contributed by atoms with E-state index in [2.05, 4.69) is 15.4 Å². The molecule has 0 saturated heterocycles. The second-order valence-electron chi connectivity index (χ2n) is 5.54. The first-order valence-corrected chi connectivity index (χ1v) is 8.55. The van der Waals surface area contributed by atoms with Gasteiger partial charge in [0.05, 0.1) is 5.75 Å². The number of rotatable bonds is 4. The van der Waals surface area contributed by atoms with Crippen molar-refractivity contribution in [1.29, 1.82) is 0 Å². The van der Waals surface area contributed by atoms with Crippen LogP contribution in [0.1, 0.15) is 12.1 Å². The van der Waals surface area contributed by atoms with Gasteiger partial charge in [-0.25, -0.2) is 4.98 Å². The Morgan fingerprint density at radius 1 is 1.39 bits per heavy atom. The first kappa shape index (κ1) is 14.3. The van der Waals surface area contributed by atoms with Gasteiger partial charge in [0.1, 0.15) is 5.52 Å². The van der Waals surface area contributed by atoms with Gasteiger partial charge in [-0.05, 0) is 24.6 Å². The smallest absolute Gasteiger partial charge is 0.257 e. The van der Waals surface area contributed by atoms with Crippen LogP contribution in [-0.2, 0) is 17.8 Å². The molecule has 3 heterocycles. The molecule has 0 radical (unpaired) electrons. The number of nitrogens with one attached hydrogen (secondary N) is 1. The summed E-state index contributed by atoms with van der Waals surface area (Å²) >= 11 is 1.32. The van der Waals surface area contributed by atoms with E-state index in [1.165, 1.54) is 17.5 Å². The molecule has 1 aliphatic rings. The molecule has 7 heteroatoms. The minimum atomic E-state index is 0.00946. The van der Waals surface area contributed by atoms with Crippen LogP contribution in [0.3, 0.4) is 0 Å². The zero-order valence-electron chi connectivity index (χ0n) is 12.4. The van der Waals surface area contributed by atoms with Crippen LogP contribution in [0, 0.1) is 0 Å². The standard InChI is InChI=1S/C16H16N4O2S/c21-15(18-11-6-8-20-12(9-11)5-7-17-20)10-23-16-19-13-3-1-2-4-14(13)22-16/h1-5,7,11H,6,8-10H2,(H,18,21)/t11-/m0/s1. The van der Waals surface area contributed by atoms with Gasteiger partial charge in [-0.1, -0.05) is 23.9 Å². The molecule has 1 atom stereocenters. The highest BCUT2D eigenvalue weighted by atomic mass is 32.2. The number of amides is 1. The summed E-state index contributed by atoms with van der Waals surface area (Å²) in [6.07, 6.45) is 3.55. The summed E-state index contributed by atoms with van der Waals surface area (Å²) < 4.78 is 7.60. The van der Waals surface area contributed by atoms with Crippen LogP contribution in [0.25, 0.3) is 11.1 Å². The summed E-state index contributed by atoms with van der Waals surface area (Å²) in [4.78, 5) is 16.5. The number of benzene rings is 1. The lowest BCUT2D eigenvalue weighted by atomic mass is 10.0. The molecule has 1 amide bonds. The number of nitrogens with zero attached hydrogens (tertiary/aromatic N) is 3. The maximum atomic E-state index is 12.1. The molecule has 4 rings (SSSR count). The Kier molecular flexibility index (Phi) is 3.78. The van der Waals surface area contributed by atoms with E-state index in [0.29, 0.717) is 11.0 Å². The highest BCUT2D eigenvalue weighted by Gasteiger charge is 2.20. The van der Waals surface area contributed by atoms with E-state index in [9.17, 15) is 4.79 Å². The number of oxazole rings is 1. The second-order valence-corrected chi connectivity index (χ2v) is 6.47. The third kappa shape index (κ3) is 3.10. The topological polar surface area (TPSA) is 73.0 Å². The molecule has 1 aromatic carbocycles. The molecule has 118 valence electrons. The lowest BCUT2D eigenvalue weighted by Gasteiger charge is -2.24. The van der Waals surface area contributed by atoms with Gasteiger partial charge in [-0.3, -0.25) is 9.48 Å². The van der Waals surface area contributed by atoms with Crippen molar-refractivity contribution in [3.8, 4) is 0 Å². The van der Waals surface area contributed by atoms with Crippen molar-refractivity contribution in [2.45, 2.75) is 30.7 Å². The van der Waals surface area contributed by atoms with Gasteiger partial charge in [-0.2, -0.15) is 5.10 Å². The Balaban J connectivity index is 1.32. The second kappa shape index (κ2) is 6.08. The monoisotopic (exact) mass is 328 g/mol. The summed E-state index contributed by atoms with van der Waals surface area (Å²) in [5, 5.41) is 7.86. The Bertz CT molecular complexity index is 808. The Morgan fingerprint density at radius 3 is 3.22 bits per heavy atom. The molecule has 6 nitrogen and oxygen atoms in total. The fourth-order valence-electron chi connectivity index (χ4n) is 2.80. The van der Waals surface area contributed by atoms with Crippen molar-refractivity contribution in [2.24, 2.45) is 0 Å². The highest BCUT2D eigenvalue weighted by Crippen LogP contribution is 2.23. The minimum absolute atomic E-state index is 0.00946. The van der Waals surface area contributed by atoms with Gasteiger partial charge in [0, 0.05) is 30.9 Å². The first-order chi connectivity index (χ1) is 11.3. The Hall–Kier alpha value is -2.28. The summed E-state index contributed by atoms with van der Waals surface area (Å²) in [5.41, 5.74) is 2.74. The Labute approximate surface area is 137 Å². The zero-order chi connectivity index (χ0) is 15.6. The van der Waals surface area contributed by atoms with Crippen LogP contribution in [0.5, 0.6) is 0 Å². The predicted molar refractivity (Wildman–Crippen MR) is 87.2 cm³/mol. The molecule has 1 N–H and O–H groups in total. The van der Waals surface area contributed by atoms with Gasteiger partial charge in [0.2, 0.25) is 5.91 Å². The van der Waals surface area contributed by atoms with Crippen LogP contribution in [-0.4, -0.2) is 32.5 Å². The number of para-hydroxylation sites is 2. The predicted octanol–water partition coefficient (Wildman–Crippen LogP) is 2.25. The average molecular weight is 328 g/mol. The van der Waals surface area contributed by atoms with Crippen LogP contribution >= 0.6 is 11.8 Å². The van der Waals surface area contributed by atoms with Crippen LogP contribution in [0.2, 0.25) is 0 Å². The quantitative estimate of drug-likeness (QED) is 0.744. The molecular formula is C16H16N4O2S. The number of aromatic nitrogens is 3. The van der Waals surface area contributed by atoms with Crippen LogP contribution < -0.4 is 5.32 Å². The summed E-state index contributed by atoms with van der Waals surface area (Å²) in [6, 6.07) is 9.77. The van der Waals surface area contributed by atoms with Gasteiger partial charge >= 0.3 is 0 Å². The largest absolute Gasteiger partial charge is 0.431 e. The van der Waals surface area contributed by atoms with E-state index in [4.69, 9.17) is 4.42 Å². The molecule has 1 aliphatic heterocycles. The summed E-state index contributed by atoms with van der Waals surface area (Å²) in [7, 11) is 0. The fraction of sp³-hybridized carbons (Fsp3) is 0.312. The van der Waals surface area contributed by atoms with Gasteiger partial charge in [-0.15, -0.1) is 0 Å². The van der Waals surface area contributed by atoms with Gasteiger partial charge < -0.3 is 9.73 Å². The van der Waals surface area contributed by atoms with Crippen molar-refractivity contribution in [2.75, 3.05) is 5.75 Å². The van der Waals surface area contributed by atoms with E-state index in [1.54, 1.807) is 0 Å². The van der Waals surface area contributed by atoms with Gasteiger partial charge in [0.15, 0.2) is 5.58 Å². The molecule has 3 aromatic rings. The number of fused-ring (bicyclic) bond motifs is 2. The summed E-state index contributed by atoms with van der Waals surface area (Å²) in [6.45, 7) is 0.853. The van der Waals surface area contributed by atoms with Crippen molar-refractivity contribution in [1.82, 2.24) is 20.1 Å². The molecule has 0 fully saturated rings. The van der Waals surface area contributed by atoms with Crippen molar-refractivity contribution in [3.63, 3.8) is 0 Å². The number of carbonyl (C=O) groups is 1. The first-order valence-electron chi connectivity index (χ1n) is 7.56. The third-order valence-corrected chi connectivity index (χ3v) is 4.74. The van der Waals surface area contributed by atoms with E-state index < -0.39 is 0 Å². The molecule has 23 heavy (non-hydrogen) atoms. The lowest BCUT2D eigenvalue weighted by Crippen LogP contribution is -2.41. The number of hydrogen-bond donors (Lipinski definition) is 1. The molecule has 0 spiro atoms. The van der Waals surface area contributed by atoms with Gasteiger partial charge in [0.25, 0.3) is 5.22 Å². The number of thioether (sulfide) groups is 1. The SMILES string of the molecule is O=C(CSc1nc2ccccc2o1)N[C@H]1CCn2nccc2C1. The molecule has 0 bridgehead atoms. The molecule has 0 unspecified atom stereocenters. The number of aryl methyl sites for hydroxylation is 1. The van der Waals surface area contributed by atoms with Crippen molar-refractivity contribution >= 4 is 28.8 Å². The highest BCUT2D eigenvalue weighted by molar-refractivity contribution is 7.99. The molecular weight excluding hydrogens is 312 g/mol. The van der Waals surface area contributed by atoms with E-state index in [1.807, 2.05) is 41.2 Å². The molecule has 0 saturated carbocycles. The zero-order valence-corrected chi connectivity index (χ0v) is 13.3. The molecule has 0 aliphatic carbocycles. The maximum absolute atomic E-state index is 12.1. The van der Waals surface area contributed by atoms with E-state index in [-0.39, 0.29) is 11.9 Å². The average Bonchev–Trinajstić information content (AvgIpc) is 3.18. The number of carbonyl (C=O) groups excluding carboxylic acids is 1. The van der Waals surface area contributed by atoms with Crippen molar-refractivity contribution < 1.29 is 9.21 Å². The lowest BCUT2D eigenvalue weighted by molar-refractivity contribution is -0.119. The fourth-order valence-corrected chi connectivity index (χ4v) is 3.45. The maximum Gasteiger partial charge on any atom is 0.257 e. The van der Waals surface area contributed by atoms with E-state index >= 15 is 0 Å². The van der Waals surface area contributed by atoms with Crippen LogP contribution in [0.15, 0.2) is 46.2 Å². The van der Waals surface area contributed by atoms with Crippen molar-refractivity contribution in [3.05, 3.63) is 42.2 Å². The van der Waals surface area contributed by atoms with E-state index in [0.717, 1.165) is 30.5 Å². The summed E-state index contributed by atoms with van der Waals surface area (Å²) in [5.74, 6) is 0.318. The van der Waals surface area contributed by atoms with Crippen LogP contribution in [0.4, 0.5) is 0 Å². The normalized spacial score (nSPS) is 17.1. The third-order valence-electron chi connectivity index (χ3n) is 3.92. The number of hydrogen-bond acceptors (Lipinski definition) is 5.